The van der Waals surface area contributed by atoms with Gasteiger partial charge in [-0.2, -0.15) is 0 Å². The van der Waals surface area contributed by atoms with Gasteiger partial charge in [-0.25, -0.2) is 4.39 Å². The second-order valence-electron chi connectivity index (χ2n) is 5.69. The van der Waals surface area contributed by atoms with Crippen LogP contribution in [0, 0.1) is 5.82 Å². The van der Waals surface area contributed by atoms with Crippen molar-refractivity contribution in [3.05, 3.63) is 59.9 Å². The lowest BCUT2D eigenvalue weighted by Gasteiger charge is -2.14. The van der Waals surface area contributed by atoms with Gasteiger partial charge < -0.3 is 14.8 Å². The van der Waals surface area contributed by atoms with Crippen LogP contribution < -0.4 is 14.8 Å². The van der Waals surface area contributed by atoms with E-state index >= 15 is 0 Å². The highest BCUT2D eigenvalue weighted by Crippen LogP contribution is 2.14. The standard InChI is InChI=1S/C20H24FNO3/c1-3-24-18-10-6-16(7-11-18)5-4-14-22-20(23)15(2)25-19-12-8-17(21)9-13-19/h6-13,15H,3-5,14H2,1-2H3,(H,22,23)/t15-/m1/s1. The number of carbonyl (C=O) groups is 1. The van der Waals surface area contributed by atoms with Crippen molar-refractivity contribution in [3.8, 4) is 11.5 Å². The zero-order valence-corrected chi connectivity index (χ0v) is 14.6. The fourth-order valence-corrected chi connectivity index (χ4v) is 2.34. The van der Waals surface area contributed by atoms with E-state index in [-0.39, 0.29) is 11.7 Å². The van der Waals surface area contributed by atoms with Crippen LogP contribution in [0.2, 0.25) is 0 Å². The van der Waals surface area contributed by atoms with Crippen molar-refractivity contribution in [1.29, 1.82) is 0 Å². The predicted octanol–water partition coefficient (Wildman–Crippen LogP) is 3.74. The molecule has 0 aliphatic carbocycles. The Bertz CT molecular complexity index is 656. The second-order valence-corrected chi connectivity index (χ2v) is 5.69. The summed E-state index contributed by atoms with van der Waals surface area (Å²) in [6.45, 7) is 4.86. The molecule has 5 heteroatoms. The third-order valence-electron chi connectivity index (χ3n) is 3.67. The Morgan fingerprint density at radius 3 is 2.36 bits per heavy atom. The Kier molecular flexibility index (Phi) is 7.26. The highest BCUT2D eigenvalue weighted by Gasteiger charge is 2.13. The van der Waals surface area contributed by atoms with Crippen LogP contribution in [0.15, 0.2) is 48.5 Å². The van der Waals surface area contributed by atoms with E-state index in [4.69, 9.17) is 9.47 Å². The van der Waals surface area contributed by atoms with E-state index in [2.05, 4.69) is 5.32 Å². The number of hydrogen-bond donors (Lipinski definition) is 1. The molecule has 0 spiro atoms. The number of hydrogen-bond acceptors (Lipinski definition) is 3. The van der Waals surface area contributed by atoms with Crippen molar-refractivity contribution in [2.24, 2.45) is 0 Å². The lowest BCUT2D eigenvalue weighted by molar-refractivity contribution is -0.127. The largest absolute Gasteiger partial charge is 0.494 e. The maximum absolute atomic E-state index is 12.8. The summed E-state index contributed by atoms with van der Waals surface area (Å²) in [6.07, 6.45) is 1.08. The minimum absolute atomic E-state index is 0.184. The SMILES string of the molecule is CCOc1ccc(CCCNC(=O)[C@@H](C)Oc2ccc(F)cc2)cc1. The monoisotopic (exact) mass is 345 g/mol. The Morgan fingerprint density at radius 1 is 1.08 bits per heavy atom. The van der Waals surface area contributed by atoms with E-state index in [0.29, 0.717) is 18.9 Å². The van der Waals surface area contributed by atoms with Crippen LogP contribution >= 0.6 is 0 Å². The normalized spacial score (nSPS) is 11.6. The molecular formula is C20H24FNO3. The molecule has 0 saturated carbocycles. The van der Waals surface area contributed by atoms with Gasteiger partial charge in [-0.05, 0) is 68.7 Å². The summed E-state index contributed by atoms with van der Waals surface area (Å²) in [4.78, 5) is 12.0. The molecular weight excluding hydrogens is 321 g/mol. The van der Waals surface area contributed by atoms with E-state index in [1.54, 1.807) is 6.92 Å². The second kappa shape index (κ2) is 9.67. The van der Waals surface area contributed by atoms with Crippen molar-refractivity contribution in [2.75, 3.05) is 13.2 Å². The molecule has 0 bridgehead atoms. The molecule has 0 fully saturated rings. The topological polar surface area (TPSA) is 47.6 Å². The van der Waals surface area contributed by atoms with Gasteiger partial charge in [-0.1, -0.05) is 12.1 Å². The molecule has 4 nitrogen and oxygen atoms in total. The van der Waals surface area contributed by atoms with E-state index in [1.165, 1.54) is 29.8 Å². The quantitative estimate of drug-likeness (QED) is 0.704. The minimum Gasteiger partial charge on any atom is -0.494 e. The molecule has 0 aliphatic rings. The number of halogens is 1. The summed E-state index contributed by atoms with van der Waals surface area (Å²) in [6, 6.07) is 13.6. The molecule has 0 aromatic heterocycles. The number of amides is 1. The van der Waals surface area contributed by atoms with E-state index in [0.717, 1.165) is 18.6 Å². The fraction of sp³-hybridized carbons (Fsp3) is 0.350. The van der Waals surface area contributed by atoms with Crippen LogP contribution in [-0.4, -0.2) is 25.2 Å². The maximum Gasteiger partial charge on any atom is 0.260 e. The summed E-state index contributed by atoms with van der Waals surface area (Å²) >= 11 is 0. The Balaban J connectivity index is 1.68. The molecule has 1 N–H and O–H groups in total. The average Bonchev–Trinajstić information content (AvgIpc) is 2.62. The van der Waals surface area contributed by atoms with Gasteiger partial charge in [0.15, 0.2) is 6.10 Å². The van der Waals surface area contributed by atoms with Gasteiger partial charge in [0.05, 0.1) is 6.61 Å². The van der Waals surface area contributed by atoms with Crippen LogP contribution in [0.4, 0.5) is 4.39 Å². The summed E-state index contributed by atoms with van der Waals surface area (Å²) in [7, 11) is 0. The number of ether oxygens (including phenoxy) is 2. The highest BCUT2D eigenvalue weighted by atomic mass is 19.1. The van der Waals surface area contributed by atoms with Crippen molar-refractivity contribution < 1.29 is 18.7 Å². The van der Waals surface area contributed by atoms with Crippen LogP contribution in [0.3, 0.4) is 0 Å². The van der Waals surface area contributed by atoms with E-state index in [9.17, 15) is 9.18 Å². The van der Waals surface area contributed by atoms with Crippen molar-refractivity contribution in [3.63, 3.8) is 0 Å². The van der Waals surface area contributed by atoms with Gasteiger partial charge in [0.2, 0.25) is 0 Å². The van der Waals surface area contributed by atoms with Gasteiger partial charge >= 0.3 is 0 Å². The molecule has 1 amide bonds. The lowest BCUT2D eigenvalue weighted by Crippen LogP contribution is -2.36. The lowest BCUT2D eigenvalue weighted by atomic mass is 10.1. The number of carbonyl (C=O) groups excluding carboxylic acids is 1. The molecule has 0 saturated heterocycles. The number of benzene rings is 2. The molecule has 25 heavy (non-hydrogen) atoms. The average molecular weight is 345 g/mol. The smallest absolute Gasteiger partial charge is 0.260 e. The van der Waals surface area contributed by atoms with Crippen LogP contribution in [-0.2, 0) is 11.2 Å². The molecule has 134 valence electrons. The number of nitrogens with one attached hydrogen (secondary N) is 1. The van der Waals surface area contributed by atoms with Gasteiger partial charge in [0.25, 0.3) is 5.91 Å². The van der Waals surface area contributed by atoms with Gasteiger partial charge in [0, 0.05) is 6.54 Å². The predicted molar refractivity (Wildman–Crippen MR) is 95.4 cm³/mol. The third-order valence-corrected chi connectivity index (χ3v) is 3.67. The molecule has 1 atom stereocenters. The van der Waals surface area contributed by atoms with Gasteiger partial charge in [-0.3, -0.25) is 4.79 Å². The van der Waals surface area contributed by atoms with Crippen LogP contribution in [0.25, 0.3) is 0 Å². The summed E-state index contributed by atoms with van der Waals surface area (Å²) in [5.74, 6) is 0.819. The summed E-state index contributed by atoms with van der Waals surface area (Å²) < 4.78 is 23.7. The fourth-order valence-electron chi connectivity index (χ4n) is 2.34. The Hall–Kier alpha value is -2.56. The van der Waals surface area contributed by atoms with Gasteiger partial charge in [0.1, 0.15) is 17.3 Å². The van der Waals surface area contributed by atoms with Crippen LogP contribution in [0.1, 0.15) is 25.8 Å². The maximum atomic E-state index is 12.8. The minimum atomic E-state index is -0.629. The third kappa shape index (κ3) is 6.45. The first kappa shape index (κ1) is 18.8. The molecule has 0 unspecified atom stereocenters. The first-order valence-electron chi connectivity index (χ1n) is 8.50. The Morgan fingerprint density at radius 2 is 1.72 bits per heavy atom. The summed E-state index contributed by atoms with van der Waals surface area (Å²) in [5.41, 5.74) is 1.20. The molecule has 2 aromatic carbocycles. The molecule has 2 rings (SSSR count). The summed E-state index contributed by atoms with van der Waals surface area (Å²) in [5, 5.41) is 2.85. The first-order valence-corrected chi connectivity index (χ1v) is 8.50. The van der Waals surface area contributed by atoms with E-state index < -0.39 is 6.10 Å². The van der Waals surface area contributed by atoms with Crippen molar-refractivity contribution in [1.82, 2.24) is 5.32 Å². The molecule has 0 radical (unpaired) electrons. The highest BCUT2D eigenvalue weighted by molar-refractivity contribution is 5.80. The molecule has 0 aliphatic heterocycles. The zero-order chi connectivity index (χ0) is 18.1. The molecule has 0 heterocycles. The van der Waals surface area contributed by atoms with Crippen molar-refractivity contribution in [2.45, 2.75) is 32.8 Å². The number of aryl methyl sites for hydroxylation is 1. The Labute approximate surface area is 148 Å². The van der Waals surface area contributed by atoms with Gasteiger partial charge in [-0.15, -0.1) is 0 Å². The molecule has 2 aromatic rings. The zero-order valence-electron chi connectivity index (χ0n) is 14.6. The van der Waals surface area contributed by atoms with Crippen LogP contribution in [0.5, 0.6) is 11.5 Å². The first-order chi connectivity index (χ1) is 12.1. The van der Waals surface area contributed by atoms with Crippen molar-refractivity contribution >= 4 is 5.91 Å². The van der Waals surface area contributed by atoms with E-state index in [1.807, 2.05) is 31.2 Å². The number of rotatable bonds is 9.